The number of amides is 1. The monoisotopic (exact) mass is 288 g/mol. The maximum Gasteiger partial charge on any atom is 0.221 e. The number of nitrogens with zero attached hydrogens (tertiary/aromatic N) is 2. The lowest BCUT2D eigenvalue weighted by atomic mass is 10.2. The summed E-state index contributed by atoms with van der Waals surface area (Å²) >= 11 is 0. The highest BCUT2D eigenvalue weighted by Crippen LogP contribution is 2.07. The van der Waals surface area contributed by atoms with Gasteiger partial charge in [-0.15, -0.1) is 0 Å². The van der Waals surface area contributed by atoms with Gasteiger partial charge in [0.05, 0.1) is 25.5 Å². The summed E-state index contributed by atoms with van der Waals surface area (Å²) in [6.45, 7) is 4.62. The molecular formula is C15H20N4O2. The van der Waals surface area contributed by atoms with Gasteiger partial charge in [0, 0.05) is 31.4 Å². The molecule has 6 heteroatoms. The topological polar surface area (TPSA) is 67.7 Å². The van der Waals surface area contributed by atoms with Crippen LogP contribution >= 0.6 is 0 Å². The molecule has 0 aromatic carbocycles. The molecule has 3 rings (SSSR count). The van der Waals surface area contributed by atoms with Crippen LogP contribution in [0.15, 0.2) is 24.5 Å². The van der Waals surface area contributed by atoms with Crippen LogP contribution in [-0.4, -0.2) is 41.1 Å². The molecule has 0 bridgehead atoms. The average Bonchev–Trinajstić information content (AvgIpc) is 2.88. The molecule has 1 aliphatic heterocycles. The van der Waals surface area contributed by atoms with Crippen molar-refractivity contribution in [2.75, 3.05) is 19.8 Å². The van der Waals surface area contributed by atoms with E-state index in [2.05, 4.69) is 15.6 Å². The third kappa shape index (κ3) is 3.59. The molecule has 21 heavy (non-hydrogen) atoms. The van der Waals surface area contributed by atoms with Gasteiger partial charge in [-0.25, -0.2) is 4.98 Å². The second-order valence-electron chi connectivity index (χ2n) is 5.41. The van der Waals surface area contributed by atoms with Crippen LogP contribution in [0.1, 0.15) is 17.7 Å². The first-order valence-electron chi connectivity index (χ1n) is 7.23. The van der Waals surface area contributed by atoms with Crippen LogP contribution in [0.25, 0.3) is 5.65 Å². The lowest BCUT2D eigenvalue weighted by Gasteiger charge is -2.23. The van der Waals surface area contributed by atoms with Crippen LogP contribution in [0.4, 0.5) is 0 Å². The number of aromatic nitrogens is 2. The Labute approximate surface area is 123 Å². The third-order valence-corrected chi connectivity index (χ3v) is 3.55. The Morgan fingerprint density at radius 1 is 1.52 bits per heavy atom. The van der Waals surface area contributed by atoms with Crippen LogP contribution in [0.3, 0.4) is 0 Å². The van der Waals surface area contributed by atoms with Crippen molar-refractivity contribution in [1.29, 1.82) is 0 Å². The summed E-state index contributed by atoms with van der Waals surface area (Å²) in [7, 11) is 0. The van der Waals surface area contributed by atoms with E-state index in [0.717, 1.165) is 24.5 Å². The maximum atomic E-state index is 11.9. The Bertz CT molecular complexity index is 632. The highest BCUT2D eigenvalue weighted by molar-refractivity contribution is 5.76. The molecule has 0 radical (unpaired) electrons. The summed E-state index contributed by atoms with van der Waals surface area (Å²) in [4.78, 5) is 16.4. The first-order chi connectivity index (χ1) is 10.2. The molecule has 112 valence electrons. The molecule has 2 aromatic rings. The molecule has 2 aromatic heterocycles. The summed E-state index contributed by atoms with van der Waals surface area (Å²) in [5.74, 6) is 0.0197. The number of hydrogen-bond acceptors (Lipinski definition) is 4. The number of fused-ring (bicyclic) bond motifs is 1. The number of hydrogen-bond donors (Lipinski definition) is 2. The highest BCUT2D eigenvalue weighted by atomic mass is 16.5. The van der Waals surface area contributed by atoms with E-state index in [1.807, 2.05) is 35.9 Å². The Balaban J connectivity index is 1.54. The molecular weight excluding hydrogens is 268 g/mol. The molecule has 2 N–H and O–H groups in total. The number of ether oxygens (including phenoxy) is 1. The van der Waals surface area contributed by atoms with Crippen molar-refractivity contribution in [3.05, 3.63) is 35.8 Å². The first kappa shape index (κ1) is 14.0. The van der Waals surface area contributed by atoms with Gasteiger partial charge in [0.25, 0.3) is 0 Å². The summed E-state index contributed by atoms with van der Waals surface area (Å²) in [5.41, 5.74) is 2.94. The molecule has 1 atom stereocenters. The van der Waals surface area contributed by atoms with Gasteiger partial charge in [0.15, 0.2) is 0 Å². The zero-order valence-corrected chi connectivity index (χ0v) is 12.1. The van der Waals surface area contributed by atoms with Gasteiger partial charge in [0.2, 0.25) is 5.91 Å². The first-order valence-corrected chi connectivity index (χ1v) is 7.23. The van der Waals surface area contributed by atoms with Gasteiger partial charge in [-0.05, 0) is 18.6 Å². The van der Waals surface area contributed by atoms with Crippen molar-refractivity contribution in [1.82, 2.24) is 20.0 Å². The van der Waals surface area contributed by atoms with E-state index in [4.69, 9.17) is 4.74 Å². The predicted octanol–water partition coefficient (Wildman–Crippen LogP) is 0.637. The molecule has 0 aliphatic carbocycles. The average molecular weight is 288 g/mol. The molecule has 1 unspecified atom stereocenters. The van der Waals surface area contributed by atoms with Crippen LogP contribution in [0, 0.1) is 6.92 Å². The van der Waals surface area contributed by atoms with Gasteiger partial charge in [-0.3, -0.25) is 4.79 Å². The van der Waals surface area contributed by atoms with Crippen molar-refractivity contribution in [2.24, 2.45) is 0 Å². The van der Waals surface area contributed by atoms with Crippen molar-refractivity contribution in [2.45, 2.75) is 25.9 Å². The third-order valence-electron chi connectivity index (χ3n) is 3.55. The number of carbonyl (C=O) groups is 1. The number of aryl methyl sites for hydroxylation is 1. The number of rotatable bonds is 4. The fourth-order valence-corrected chi connectivity index (χ4v) is 2.48. The molecule has 3 heterocycles. The molecule has 1 aliphatic rings. The van der Waals surface area contributed by atoms with Gasteiger partial charge in [0.1, 0.15) is 5.65 Å². The molecule has 1 amide bonds. The number of carbonyl (C=O) groups excluding carboxylic acids is 1. The van der Waals surface area contributed by atoms with E-state index in [0.29, 0.717) is 19.6 Å². The van der Waals surface area contributed by atoms with Crippen LogP contribution in [-0.2, 0) is 16.1 Å². The molecule has 0 spiro atoms. The van der Waals surface area contributed by atoms with Gasteiger partial charge in [-0.2, -0.15) is 0 Å². The number of imidazole rings is 1. The Kier molecular flexibility index (Phi) is 4.17. The fraction of sp³-hybridized carbons (Fsp3) is 0.467. The fourth-order valence-electron chi connectivity index (χ4n) is 2.48. The Morgan fingerprint density at radius 2 is 2.43 bits per heavy atom. The van der Waals surface area contributed by atoms with E-state index >= 15 is 0 Å². The standard InChI is InChI=1S/C15H20N4O2/c1-11-2-3-14-18-13(9-19(14)8-11)7-17-15(20)6-12-10-21-5-4-16-12/h2-3,8-9,12,16H,4-7,10H2,1H3,(H,17,20). The number of pyridine rings is 1. The number of morpholine rings is 1. The van der Waals surface area contributed by atoms with Crippen molar-refractivity contribution in [3.63, 3.8) is 0 Å². The van der Waals surface area contributed by atoms with E-state index in [1.54, 1.807) is 0 Å². The Morgan fingerprint density at radius 3 is 3.24 bits per heavy atom. The molecule has 1 saturated heterocycles. The minimum absolute atomic E-state index is 0.0197. The highest BCUT2D eigenvalue weighted by Gasteiger charge is 2.16. The smallest absolute Gasteiger partial charge is 0.221 e. The van der Waals surface area contributed by atoms with Gasteiger partial charge >= 0.3 is 0 Å². The largest absolute Gasteiger partial charge is 0.378 e. The van der Waals surface area contributed by atoms with Gasteiger partial charge in [-0.1, -0.05) is 6.07 Å². The minimum atomic E-state index is 0.0197. The summed E-state index contributed by atoms with van der Waals surface area (Å²) < 4.78 is 7.32. The predicted molar refractivity (Wildman–Crippen MR) is 79.0 cm³/mol. The normalized spacial score (nSPS) is 18.8. The second-order valence-corrected chi connectivity index (χ2v) is 5.41. The summed E-state index contributed by atoms with van der Waals surface area (Å²) in [6, 6.07) is 4.12. The summed E-state index contributed by atoms with van der Waals surface area (Å²) in [6.07, 6.45) is 4.41. The lowest BCUT2D eigenvalue weighted by molar-refractivity contribution is -0.122. The van der Waals surface area contributed by atoms with Crippen LogP contribution in [0.5, 0.6) is 0 Å². The quantitative estimate of drug-likeness (QED) is 0.866. The molecule has 0 saturated carbocycles. The molecule has 6 nitrogen and oxygen atoms in total. The van der Waals surface area contributed by atoms with E-state index in [9.17, 15) is 4.79 Å². The SMILES string of the molecule is Cc1ccc2nc(CNC(=O)CC3COCCN3)cn2c1. The van der Waals surface area contributed by atoms with Crippen molar-refractivity contribution in [3.8, 4) is 0 Å². The summed E-state index contributed by atoms with van der Waals surface area (Å²) in [5, 5.41) is 6.18. The van der Waals surface area contributed by atoms with E-state index < -0.39 is 0 Å². The maximum absolute atomic E-state index is 11.9. The second kappa shape index (κ2) is 6.24. The van der Waals surface area contributed by atoms with Crippen LogP contribution in [0.2, 0.25) is 0 Å². The molecule has 1 fully saturated rings. The minimum Gasteiger partial charge on any atom is -0.378 e. The Hall–Kier alpha value is -1.92. The van der Waals surface area contributed by atoms with Crippen LogP contribution < -0.4 is 10.6 Å². The zero-order valence-electron chi connectivity index (χ0n) is 12.1. The van der Waals surface area contributed by atoms with E-state index in [-0.39, 0.29) is 11.9 Å². The van der Waals surface area contributed by atoms with Crippen molar-refractivity contribution >= 4 is 11.6 Å². The van der Waals surface area contributed by atoms with Crippen molar-refractivity contribution < 1.29 is 9.53 Å². The van der Waals surface area contributed by atoms with E-state index in [1.165, 1.54) is 5.56 Å². The number of nitrogens with one attached hydrogen (secondary N) is 2. The van der Waals surface area contributed by atoms with Gasteiger partial charge < -0.3 is 19.8 Å². The lowest BCUT2D eigenvalue weighted by Crippen LogP contribution is -2.44. The zero-order chi connectivity index (χ0) is 14.7.